The predicted octanol–water partition coefficient (Wildman–Crippen LogP) is 4.18. The highest BCUT2D eigenvalue weighted by Gasteiger charge is 2.14. The highest BCUT2D eigenvalue weighted by molar-refractivity contribution is 8.76. The third-order valence-corrected chi connectivity index (χ3v) is 4.96. The molecule has 0 spiro atoms. The van der Waals surface area contributed by atoms with Crippen molar-refractivity contribution in [1.82, 2.24) is 15.2 Å². The van der Waals surface area contributed by atoms with Crippen LogP contribution in [0.2, 0.25) is 0 Å². The number of hydrogen-bond donors (Lipinski definition) is 1. The van der Waals surface area contributed by atoms with Crippen molar-refractivity contribution in [3.05, 3.63) is 64.7 Å². The second-order valence-electron chi connectivity index (χ2n) is 4.22. The zero-order valence-electron chi connectivity index (χ0n) is 11.2. The Bertz CT molecular complexity index is 792. The number of rotatable bonds is 5. The van der Waals surface area contributed by atoms with E-state index in [4.69, 9.17) is 0 Å². The van der Waals surface area contributed by atoms with Gasteiger partial charge < -0.3 is 0 Å². The van der Waals surface area contributed by atoms with Crippen molar-refractivity contribution in [2.75, 3.05) is 0 Å². The van der Waals surface area contributed by atoms with E-state index in [2.05, 4.69) is 15.2 Å². The van der Waals surface area contributed by atoms with Crippen LogP contribution in [0.15, 0.2) is 64.6 Å². The van der Waals surface area contributed by atoms with E-state index < -0.39 is 4.92 Å². The molecule has 0 saturated carbocycles. The minimum atomic E-state index is -0.393. The van der Waals surface area contributed by atoms with E-state index in [9.17, 15) is 10.1 Å². The van der Waals surface area contributed by atoms with Gasteiger partial charge in [0.1, 0.15) is 0 Å². The van der Waals surface area contributed by atoms with Gasteiger partial charge >= 0.3 is 0 Å². The van der Waals surface area contributed by atoms with E-state index in [-0.39, 0.29) is 5.69 Å². The molecule has 3 rings (SSSR count). The Morgan fingerprint density at radius 2 is 1.73 bits per heavy atom. The van der Waals surface area contributed by atoms with Gasteiger partial charge in [0.15, 0.2) is 5.82 Å². The lowest BCUT2D eigenvalue weighted by atomic mass is 10.2. The van der Waals surface area contributed by atoms with Gasteiger partial charge in [0.05, 0.1) is 9.82 Å². The Balaban J connectivity index is 1.73. The fourth-order valence-electron chi connectivity index (χ4n) is 1.77. The molecule has 0 aliphatic rings. The fraction of sp³-hybridized carbons (Fsp3) is 0. The van der Waals surface area contributed by atoms with Gasteiger partial charge in [-0.05, 0) is 27.7 Å². The number of H-pyrrole nitrogens is 1. The van der Waals surface area contributed by atoms with Crippen LogP contribution < -0.4 is 0 Å². The van der Waals surface area contributed by atoms with Crippen LogP contribution in [-0.2, 0) is 0 Å². The number of nitro groups is 1. The van der Waals surface area contributed by atoms with Crippen molar-refractivity contribution in [3.63, 3.8) is 0 Å². The van der Waals surface area contributed by atoms with Crippen LogP contribution in [0.3, 0.4) is 0 Å². The number of nitrogens with zero attached hydrogens (tertiary/aromatic N) is 3. The van der Waals surface area contributed by atoms with Gasteiger partial charge in [-0.1, -0.05) is 42.5 Å². The normalized spacial score (nSPS) is 10.5. The van der Waals surface area contributed by atoms with Gasteiger partial charge in [-0.25, -0.2) is 4.98 Å². The summed E-state index contributed by atoms with van der Waals surface area (Å²) in [5.74, 6) is 0.672. The lowest BCUT2D eigenvalue weighted by Gasteiger charge is -1.99. The van der Waals surface area contributed by atoms with Crippen molar-refractivity contribution in [1.29, 1.82) is 0 Å². The Kier molecular flexibility index (Phi) is 4.40. The molecule has 0 fully saturated rings. The van der Waals surface area contributed by atoms with Gasteiger partial charge in [-0.3, -0.25) is 15.2 Å². The number of aromatic amines is 1. The molecular formula is C14H10N4O2S2. The summed E-state index contributed by atoms with van der Waals surface area (Å²) in [6, 6.07) is 16.3. The molecule has 1 heterocycles. The molecule has 0 unspecified atom stereocenters. The molecule has 3 aromatic rings. The summed E-state index contributed by atoms with van der Waals surface area (Å²) in [5, 5.41) is 18.5. The van der Waals surface area contributed by atoms with Crippen LogP contribution in [0, 0.1) is 10.1 Å². The quantitative estimate of drug-likeness (QED) is 0.429. The van der Waals surface area contributed by atoms with Crippen LogP contribution in [0.5, 0.6) is 0 Å². The third-order valence-electron chi connectivity index (χ3n) is 2.78. The molecule has 2 aromatic carbocycles. The SMILES string of the molecule is O=[N+]([O-])c1ccccc1SSc1n[nH]c(-c2ccccc2)n1. The van der Waals surface area contributed by atoms with Gasteiger partial charge in [0.25, 0.3) is 5.69 Å². The van der Waals surface area contributed by atoms with Crippen molar-refractivity contribution < 1.29 is 4.92 Å². The van der Waals surface area contributed by atoms with Gasteiger partial charge in [-0.2, -0.15) is 0 Å². The molecule has 0 atom stereocenters. The summed E-state index contributed by atoms with van der Waals surface area (Å²) >= 11 is 0. The number of nitrogens with one attached hydrogen (secondary N) is 1. The van der Waals surface area contributed by atoms with Gasteiger partial charge in [0, 0.05) is 11.6 Å². The molecular weight excluding hydrogens is 320 g/mol. The number of benzene rings is 2. The monoisotopic (exact) mass is 330 g/mol. The van der Waals surface area contributed by atoms with E-state index in [1.165, 1.54) is 27.7 Å². The van der Waals surface area contributed by atoms with Crippen LogP contribution >= 0.6 is 21.6 Å². The summed E-state index contributed by atoms with van der Waals surface area (Å²) in [4.78, 5) is 15.5. The van der Waals surface area contributed by atoms with Crippen LogP contribution in [0.4, 0.5) is 5.69 Å². The molecule has 0 aliphatic heterocycles. The van der Waals surface area contributed by atoms with Crippen molar-refractivity contribution in [2.45, 2.75) is 10.1 Å². The standard InChI is InChI=1S/C14H10N4O2S2/c19-18(20)11-8-4-5-9-12(11)21-22-14-15-13(16-17-14)10-6-2-1-3-7-10/h1-9H,(H,15,16,17). The van der Waals surface area contributed by atoms with E-state index >= 15 is 0 Å². The highest BCUT2D eigenvalue weighted by Crippen LogP contribution is 2.40. The summed E-state index contributed by atoms with van der Waals surface area (Å²) in [7, 11) is 2.55. The van der Waals surface area contributed by atoms with Crippen molar-refractivity contribution in [2.24, 2.45) is 0 Å². The average Bonchev–Trinajstić information content (AvgIpc) is 3.03. The molecule has 8 heteroatoms. The molecule has 0 bridgehead atoms. The first kappa shape index (κ1) is 14.6. The Hall–Kier alpha value is -2.32. The molecule has 1 aromatic heterocycles. The maximum absolute atomic E-state index is 11.0. The lowest BCUT2D eigenvalue weighted by Crippen LogP contribution is -1.89. The number of nitro benzene ring substituents is 1. The lowest BCUT2D eigenvalue weighted by molar-refractivity contribution is -0.387. The highest BCUT2D eigenvalue weighted by atomic mass is 33.1. The zero-order chi connectivity index (χ0) is 15.4. The Morgan fingerprint density at radius 3 is 2.50 bits per heavy atom. The second-order valence-corrected chi connectivity index (χ2v) is 6.36. The maximum Gasteiger partial charge on any atom is 0.283 e. The smallest absolute Gasteiger partial charge is 0.258 e. The average molecular weight is 330 g/mol. The molecule has 1 N–H and O–H groups in total. The largest absolute Gasteiger partial charge is 0.283 e. The summed E-state index contributed by atoms with van der Waals surface area (Å²) < 4.78 is 0. The van der Waals surface area contributed by atoms with E-state index in [1.807, 2.05) is 30.3 Å². The van der Waals surface area contributed by atoms with Crippen molar-refractivity contribution >= 4 is 27.3 Å². The van der Waals surface area contributed by atoms with Crippen LogP contribution in [0.1, 0.15) is 0 Å². The molecule has 0 aliphatic carbocycles. The molecule has 110 valence electrons. The molecule has 6 nitrogen and oxygen atoms in total. The molecule has 22 heavy (non-hydrogen) atoms. The molecule has 0 amide bonds. The van der Waals surface area contributed by atoms with E-state index in [1.54, 1.807) is 18.2 Å². The minimum Gasteiger partial charge on any atom is -0.258 e. The minimum absolute atomic E-state index is 0.0822. The van der Waals surface area contributed by atoms with E-state index in [0.29, 0.717) is 15.9 Å². The van der Waals surface area contributed by atoms with E-state index in [0.717, 1.165) is 5.56 Å². The third kappa shape index (κ3) is 3.29. The topological polar surface area (TPSA) is 84.7 Å². The van der Waals surface area contributed by atoms with Gasteiger partial charge in [0.2, 0.25) is 5.16 Å². The van der Waals surface area contributed by atoms with Crippen LogP contribution in [0.25, 0.3) is 11.4 Å². The fourth-order valence-corrected chi connectivity index (χ4v) is 3.65. The van der Waals surface area contributed by atoms with Crippen molar-refractivity contribution in [3.8, 4) is 11.4 Å². The Labute approximate surface area is 133 Å². The predicted molar refractivity (Wildman–Crippen MR) is 86.6 cm³/mol. The van der Waals surface area contributed by atoms with Gasteiger partial charge in [-0.15, -0.1) is 5.10 Å². The molecule has 0 saturated heterocycles. The number of aromatic nitrogens is 3. The molecule has 0 radical (unpaired) electrons. The maximum atomic E-state index is 11.0. The Morgan fingerprint density at radius 1 is 1.00 bits per heavy atom. The zero-order valence-corrected chi connectivity index (χ0v) is 12.8. The summed E-state index contributed by atoms with van der Waals surface area (Å²) in [6.45, 7) is 0. The second kappa shape index (κ2) is 6.63. The first-order valence-corrected chi connectivity index (χ1v) is 8.45. The first-order valence-electron chi connectivity index (χ1n) is 6.30. The number of hydrogen-bond acceptors (Lipinski definition) is 6. The first-order chi connectivity index (χ1) is 10.7. The summed E-state index contributed by atoms with van der Waals surface area (Å²) in [6.07, 6.45) is 0. The summed E-state index contributed by atoms with van der Waals surface area (Å²) in [5.41, 5.74) is 1.02. The number of para-hydroxylation sites is 1. The van der Waals surface area contributed by atoms with Crippen LogP contribution in [-0.4, -0.2) is 20.1 Å².